The Morgan fingerprint density at radius 3 is 2.72 bits per heavy atom. The van der Waals surface area contributed by atoms with Crippen molar-refractivity contribution in [3.63, 3.8) is 0 Å². The number of carbonyl (C=O) groups is 2. The number of aromatic nitrogens is 1. The van der Waals surface area contributed by atoms with Gasteiger partial charge < -0.3 is 15.2 Å². The third-order valence-corrected chi connectivity index (χ3v) is 2.64. The minimum Gasteiger partial charge on any atom is -0.367 e. The van der Waals surface area contributed by atoms with E-state index in [2.05, 4.69) is 10.3 Å². The second-order valence-corrected chi connectivity index (χ2v) is 4.12. The topological polar surface area (TPSA) is 82.3 Å². The number of rotatable bonds is 4. The van der Waals surface area contributed by atoms with Crippen LogP contribution in [-0.2, 0) is 4.79 Å². The highest BCUT2D eigenvalue weighted by Gasteiger charge is 2.19. The molecule has 1 atom stereocenters. The van der Waals surface area contributed by atoms with Crippen LogP contribution in [0, 0.1) is 5.92 Å². The van der Waals surface area contributed by atoms with Crippen molar-refractivity contribution >= 4 is 11.8 Å². The van der Waals surface area contributed by atoms with Crippen molar-refractivity contribution in [2.45, 2.75) is 6.92 Å². The van der Waals surface area contributed by atoms with Crippen LogP contribution in [0.5, 0.6) is 0 Å². The highest BCUT2D eigenvalue weighted by Crippen LogP contribution is 2.02. The smallest absolute Gasteiger partial charge is 0.259 e. The summed E-state index contributed by atoms with van der Waals surface area (Å²) in [5.74, 6) is -0.865. The number of aromatic amines is 1. The van der Waals surface area contributed by atoms with Crippen molar-refractivity contribution < 1.29 is 9.59 Å². The molecule has 2 amide bonds. The summed E-state index contributed by atoms with van der Waals surface area (Å²) < 4.78 is 0. The third-order valence-electron chi connectivity index (χ3n) is 2.64. The molecular formula is C12H17N3O3. The van der Waals surface area contributed by atoms with Crippen LogP contribution in [0.15, 0.2) is 23.3 Å². The van der Waals surface area contributed by atoms with Crippen LogP contribution in [0.1, 0.15) is 17.3 Å². The molecule has 2 N–H and O–H groups in total. The van der Waals surface area contributed by atoms with Crippen LogP contribution in [0.3, 0.4) is 0 Å². The zero-order chi connectivity index (χ0) is 13.7. The first-order valence-corrected chi connectivity index (χ1v) is 5.61. The lowest BCUT2D eigenvalue weighted by atomic mass is 10.1. The number of nitrogens with zero attached hydrogens (tertiary/aromatic N) is 1. The Kier molecular flexibility index (Phi) is 4.65. The number of carbonyl (C=O) groups excluding carboxylic acids is 2. The SMILES string of the molecule is CNC(=O)C(C)CN(C)C(=O)c1c[nH]ccc1=O. The van der Waals surface area contributed by atoms with Crippen molar-refractivity contribution in [1.29, 1.82) is 0 Å². The van der Waals surface area contributed by atoms with E-state index in [-0.39, 0.29) is 29.4 Å². The predicted octanol–water partition coefficient (Wildman–Crippen LogP) is -0.171. The summed E-state index contributed by atoms with van der Waals surface area (Å²) in [4.78, 5) is 38.9. The number of pyridine rings is 1. The van der Waals surface area contributed by atoms with Crippen LogP contribution < -0.4 is 10.7 Å². The van der Waals surface area contributed by atoms with Gasteiger partial charge in [0.2, 0.25) is 5.91 Å². The van der Waals surface area contributed by atoms with E-state index < -0.39 is 5.91 Å². The molecule has 1 unspecified atom stereocenters. The lowest BCUT2D eigenvalue weighted by Crippen LogP contribution is -2.38. The molecule has 0 bridgehead atoms. The van der Waals surface area contributed by atoms with Crippen molar-refractivity contribution in [3.05, 3.63) is 34.2 Å². The van der Waals surface area contributed by atoms with E-state index in [9.17, 15) is 14.4 Å². The summed E-state index contributed by atoms with van der Waals surface area (Å²) in [7, 11) is 3.11. The molecule has 1 aromatic rings. The van der Waals surface area contributed by atoms with E-state index >= 15 is 0 Å². The zero-order valence-electron chi connectivity index (χ0n) is 10.7. The average molecular weight is 251 g/mol. The van der Waals surface area contributed by atoms with Crippen molar-refractivity contribution in [1.82, 2.24) is 15.2 Å². The van der Waals surface area contributed by atoms with Gasteiger partial charge in [-0.05, 0) is 0 Å². The van der Waals surface area contributed by atoms with Crippen molar-refractivity contribution in [2.24, 2.45) is 5.92 Å². The first-order valence-electron chi connectivity index (χ1n) is 5.61. The average Bonchev–Trinajstić information content (AvgIpc) is 2.37. The van der Waals surface area contributed by atoms with Crippen molar-refractivity contribution in [3.8, 4) is 0 Å². The van der Waals surface area contributed by atoms with E-state index in [0.29, 0.717) is 0 Å². The fourth-order valence-corrected chi connectivity index (χ4v) is 1.61. The predicted molar refractivity (Wildman–Crippen MR) is 67.3 cm³/mol. The highest BCUT2D eigenvalue weighted by molar-refractivity contribution is 5.94. The Hall–Kier alpha value is -2.11. The van der Waals surface area contributed by atoms with Crippen LogP contribution in [0.2, 0.25) is 0 Å². The second-order valence-electron chi connectivity index (χ2n) is 4.12. The van der Waals surface area contributed by atoms with Gasteiger partial charge in [-0.25, -0.2) is 0 Å². The van der Waals surface area contributed by atoms with E-state index in [1.807, 2.05) is 0 Å². The van der Waals surface area contributed by atoms with E-state index in [1.54, 1.807) is 21.0 Å². The van der Waals surface area contributed by atoms with Gasteiger partial charge in [-0.15, -0.1) is 0 Å². The number of hydrogen-bond donors (Lipinski definition) is 2. The molecule has 0 aliphatic heterocycles. The Balaban J connectivity index is 2.77. The molecule has 0 aliphatic carbocycles. The molecule has 0 aromatic carbocycles. The molecule has 0 fully saturated rings. The van der Waals surface area contributed by atoms with Gasteiger partial charge in [0.15, 0.2) is 5.43 Å². The number of amides is 2. The molecule has 1 rings (SSSR count). The number of hydrogen-bond acceptors (Lipinski definition) is 3. The molecule has 98 valence electrons. The van der Waals surface area contributed by atoms with Gasteiger partial charge in [-0.3, -0.25) is 14.4 Å². The van der Waals surface area contributed by atoms with Gasteiger partial charge >= 0.3 is 0 Å². The monoisotopic (exact) mass is 251 g/mol. The normalized spacial score (nSPS) is 11.7. The largest absolute Gasteiger partial charge is 0.367 e. The summed E-state index contributed by atoms with van der Waals surface area (Å²) in [5, 5.41) is 2.52. The van der Waals surface area contributed by atoms with E-state index in [4.69, 9.17) is 0 Å². The zero-order valence-corrected chi connectivity index (χ0v) is 10.7. The Labute approximate surface area is 105 Å². The van der Waals surface area contributed by atoms with Crippen molar-refractivity contribution in [2.75, 3.05) is 20.6 Å². The fourth-order valence-electron chi connectivity index (χ4n) is 1.61. The van der Waals surface area contributed by atoms with E-state index in [0.717, 1.165) is 0 Å². The standard InChI is InChI=1S/C12H17N3O3/c1-8(11(17)13-2)7-15(3)12(18)9-6-14-5-4-10(9)16/h4-6,8H,7H2,1-3H3,(H,13,17)(H,14,16). The lowest BCUT2D eigenvalue weighted by molar-refractivity contribution is -0.124. The second kappa shape index (κ2) is 6.00. The summed E-state index contributed by atoms with van der Waals surface area (Å²) >= 11 is 0. The van der Waals surface area contributed by atoms with Crippen LogP contribution in [0.4, 0.5) is 0 Å². The minimum atomic E-state index is -0.396. The van der Waals surface area contributed by atoms with Gasteiger partial charge in [0, 0.05) is 39.1 Å². The summed E-state index contributed by atoms with van der Waals surface area (Å²) in [6.07, 6.45) is 2.83. The van der Waals surface area contributed by atoms with Crippen LogP contribution in [0.25, 0.3) is 0 Å². The maximum atomic E-state index is 12.0. The summed E-state index contributed by atoms with van der Waals surface area (Å²) in [5.41, 5.74) is -0.262. The highest BCUT2D eigenvalue weighted by atomic mass is 16.2. The van der Waals surface area contributed by atoms with Gasteiger partial charge in [0.1, 0.15) is 5.56 Å². The molecule has 0 saturated heterocycles. The molecule has 0 saturated carbocycles. The molecule has 0 radical (unpaired) electrons. The van der Waals surface area contributed by atoms with Crippen LogP contribution in [-0.4, -0.2) is 42.3 Å². The van der Waals surface area contributed by atoms with Gasteiger partial charge in [0.25, 0.3) is 5.91 Å². The van der Waals surface area contributed by atoms with E-state index in [1.165, 1.54) is 23.4 Å². The molecule has 1 heterocycles. The molecule has 0 aliphatic rings. The summed E-state index contributed by atoms with van der Waals surface area (Å²) in [6.45, 7) is 1.98. The summed E-state index contributed by atoms with van der Waals surface area (Å²) in [6, 6.07) is 1.29. The molecule has 6 heteroatoms. The molecule has 6 nitrogen and oxygen atoms in total. The molecule has 18 heavy (non-hydrogen) atoms. The first kappa shape index (κ1) is 14.0. The quantitative estimate of drug-likeness (QED) is 0.779. The number of H-pyrrole nitrogens is 1. The first-order chi connectivity index (χ1) is 8.47. The Morgan fingerprint density at radius 1 is 1.50 bits per heavy atom. The van der Waals surface area contributed by atoms with Crippen LogP contribution >= 0.6 is 0 Å². The maximum absolute atomic E-state index is 12.0. The van der Waals surface area contributed by atoms with Gasteiger partial charge in [-0.2, -0.15) is 0 Å². The van der Waals surface area contributed by atoms with Gasteiger partial charge in [-0.1, -0.05) is 6.92 Å². The Morgan fingerprint density at radius 2 is 2.17 bits per heavy atom. The maximum Gasteiger partial charge on any atom is 0.259 e. The minimum absolute atomic E-state index is 0.0732. The number of nitrogens with one attached hydrogen (secondary N) is 2. The third kappa shape index (κ3) is 3.19. The van der Waals surface area contributed by atoms with Gasteiger partial charge in [0.05, 0.1) is 5.92 Å². The molecule has 1 aromatic heterocycles. The lowest BCUT2D eigenvalue weighted by Gasteiger charge is -2.20. The Bertz CT molecular complexity index is 495. The fraction of sp³-hybridized carbons (Fsp3) is 0.417. The molecule has 0 spiro atoms. The molecular weight excluding hydrogens is 234 g/mol.